The summed E-state index contributed by atoms with van der Waals surface area (Å²) in [6.45, 7) is 6.52. The lowest BCUT2D eigenvalue weighted by atomic mass is 9.84. The number of hydrogen-bond acceptors (Lipinski definition) is 1. The Labute approximate surface area is 114 Å². The second-order valence-corrected chi connectivity index (χ2v) is 6.44. The van der Waals surface area contributed by atoms with Crippen molar-refractivity contribution >= 4 is 23.2 Å². The molecule has 0 heterocycles. The Hall–Kier alpha value is -0.240. The lowest BCUT2D eigenvalue weighted by molar-refractivity contribution is 0.301. The molecule has 0 aromatic heterocycles. The summed E-state index contributed by atoms with van der Waals surface area (Å²) in [4.78, 5) is 0. The van der Waals surface area contributed by atoms with Crippen LogP contribution in [-0.4, -0.2) is 6.04 Å². The predicted octanol–water partition coefficient (Wildman–Crippen LogP) is 4.69. The molecule has 0 amide bonds. The van der Waals surface area contributed by atoms with Gasteiger partial charge in [-0.25, -0.2) is 0 Å². The fourth-order valence-electron chi connectivity index (χ4n) is 1.67. The third-order valence-corrected chi connectivity index (χ3v) is 3.68. The van der Waals surface area contributed by atoms with Crippen LogP contribution in [0.25, 0.3) is 0 Å². The average Bonchev–Trinajstić information content (AvgIpc) is 2.19. The van der Waals surface area contributed by atoms with Crippen LogP contribution < -0.4 is 5.73 Å². The lowest BCUT2D eigenvalue weighted by Gasteiger charge is -2.27. The van der Waals surface area contributed by atoms with Gasteiger partial charge < -0.3 is 5.73 Å². The third kappa shape index (κ3) is 4.87. The first-order valence-electron chi connectivity index (χ1n) is 6.00. The first kappa shape index (κ1) is 14.8. The Kier molecular flexibility index (Phi) is 5.30. The Bertz CT molecular complexity index is 369. The van der Waals surface area contributed by atoms with Crippen molar-refractivity contribution in [2.24, 2.45) is 11.1 Å². The number of halogens is 2. The van der Waals surface area contributed by atoms with Crippen LogP contribution in [0.3, 0.4) is 0 Å². The van der Waals surface area contributed by atoms with Crippen LogP contribution in [0.5, 0.6) is 0 Å². The molecular formula is C14H21Cl2N. The van der Waals surface area contributed by atoms with Crippen molar-refractivity contribution in [2.45, 2.75) is 46.1 Å². The van der Waals surface area contributed by atoms with E-state index in [1.807, 2.05) is 12.1 Å². The molecule has 1 rings (SSSR count). The minimum absolute atomic E-state index is 0.170. The van der Waals surface area contributed by atoms with Gasteiger partial charge in [-0.15, -0.1) is 0 Å². The van der Waals surface area contributed by atoms with Gasteiger partial charge in [0.05, 0.1) is 0 Å². The van der Waals surface area contributed by atoms with E-state index in [0.29, 0.717) is 5.02 Å². The molecule has 1 aromatic rings. The van der Waals surface area contributed by atoms with Crippen molar-refractivity contribution in [2.75, 3.05) is 0 Å². The molecule has 2 N–H and O–H groups in total. The van der Waals surface area contributed by atoms with E-state index in [-0.39, 0.29) is 11.5 Å². The summed E-state index contributed by atoms with van der Waals surface area (Å²) in [7, 11) is 0. The molecule has 1 nitrogen and oxygen atoms in total. The van der Waals surface area contributed by atoms with Gasteiger partial charge in [0.2, 0.25) is 0 Å². The lowest BCUT2D eigenvalue weighted by Crippen LogP contribution is -2.34. The SMILES string of the molecule is CC(C)(C)C(N)CCCc1ccc(Cl)cc1Cl. The van der Waals surface area contributed by atoms with Crippen LogP contribution in [-0.2, 0) is 6.42 Å². The molecule has 96 valence electrons. The molecule has 0 bridgehead atoms. The van der Waals surface area contributed by atoms with E-state index in [4.69, 9.17) is 28.9 Å². The van der Waals surface area contributed by atoms with Crippen LogP contribution >= 0.6 is 23.2 Å². The van der Waals surface area contributed by atoms with Crippen molar-refractivity contribution in [3.8, 4) is 0 Å². The second-order valence-electron chi connectivity index (χ2n) is 5.60. The van der Waals surface area contributed by atoms with Crippen molar-refractivity contribution in [3.05, 3.63) is 33.8 Å². The number of aryl methyl sites for hydroxylation is 1. The maximum absolute atomic E-state index is 6.12. The topological polar surface area (TPSA) is 26.0 Å². The van der Waals surface area contributed by atoms with Gasteiger partial charge in [0.15, 0.2) is 0 Å². The van der Waals surface area contributed by atoms with Crippen LogP contribution in [0.4, 0.5) is 0 Å². The average molecular weight is 274 g/mol. The molecule has 0 saturated carbocycles. The quantitative estimate of drug-likeness (QED) is 0.846. The molecule has 1 atom stereocenters. The Morgan fingerprint density at radius 3 is 2.41 bits per heavy atom. The second kappa shape index (κ2) is 6.08. The highest BCUT2D eigenvalue weighted by Crippen LogP contribution is 2.25. The maximum atomic E-state index is 6.12. The van der Waals surface area contributed by atoms with Gasteiger partial charge in [-0.05, 0) is 42.4 Å². The zero-order chi connectivity index (χ0) is 13.1. The van der Waals surface area contributed by atoms with Crippen molar-refractivity contribution < 1.29 is 0 Å². The van der Waals surface area contributed by atoms with E-state index in [1.165, 1.54) is 0 Å². The number of hydrogen-bond donors (Lipinski definition) is 1. The Morgan fingerprint density at radius 1 is 1.24 bits per heavy atom. The van der Waals surface area contributed by atoms with Gasteiger partial charge >= 0.3 is 0 Å². The summed E-state index contributed by atoms with van der Waals surface area (Å²) < 4.78 is 0. The fourth-order valence-corrected chi connectivity index (χ4v) is 2.17. The molecule has 0 fully saturated rings. The Morgan fingerprint density at radius 2 is 1.88 bits per heavy atom. The van der Waals surface area contributed by atoms with Gasteiger partial charge in [-0.2, -0.15) is 0 Å². The normalized spacial score (nSPS) is 13.8. The number of rotatable bonds is 4. The molecule has 0 aliphatic heterocycles. The summed E-state index contributed by atoms with van der Waals surface area (Å²) in [5.74, 6) is 0. The molecule has 1 aromatic carbocycles. The van der Waals surface area contributed by atoms with Crippen LogP contribution in [0.15, 0.2) is 18.2 Å². The minimum atomic E-state index is 0.170. The molecule has 0 spiro atoms. The van der Waals surface area contributed by atoms with Gasteiger partial charge in [0.1, 0.15) is 0 Å². The smallest absolute Gasteiger partial charge is 0.0452 e. The highest BCUT2D eigenvalue weighted by molar-refractivity contribution is 6.35. The van der Waals surface area contributed by atoms with E-state index in [0.717, 1.165) is 29.8 Å². The van der Waals surface area contributed by atoms with Crippen molar-refractivity contribution in [1.82, 2.24) is 0 Å². The molecule has 1 unspecified atom stereocenters. The number of benzene rings is 1. The zero-order valence-corrected chi connectivity index (χ0v) is 12.3. The first-order chi connectivity index (χ1) is 7.80. The summed E-state index contributed by atoms with van der Waals surface area (Å²) >= 11 is 12.0. The molecule has 3 heteroatoms. The summed E-state index contributed by atoms with van der Waals surface area (Å²) in [5.41, 5.74) is 7.44. The minimum Gasteiger partial charge on any atom is -0.327 e. The monoisotopic (exact) mass is 273 g/mol. The molecular weight excluding hydrogens is 253 g/mol. The van der Waals surface area contributed by atoms with E-state index in [2.05, 4.69) is 20.8 Å². The van der Waals surface area contributed by atoms with Gasteiger partial charge in [0.25, 0.3) is 0 Å². The highest BCUT2D eigenvalue weighted by atomic mass is 35.5. The van der Waals surface area contributed by atoms with Gasteiger partial charge in [-0.3, -0.25) is 0 Å². The molecule has 17 heavy (non-hydrogen) atoms. The van der Waals surface area contributed by atoms with Crippen LogP contribution in [0, 0.1) is 5.41 Å². The summed E-state index contributed by atoms with van der Waals surface area (Å²) in [5, 5.41) is 1.44. The van der Waals surface area contributed by atoms with Gasteiger partial charge in [-0.1, -0.05) is 50.0 Å². The first-order valence-corrected chi connectivity index (χ1v) is 6.76. The molecule has 0 aliphatic rings. The fraction of sp³-hybridized carbons (Fsp3) is 0.571. The largest absolute Gasteiger partial charge is 0.327 e. The van der Waals surface area contributed by atoms with E-state index in [9.17, 15) is 0 Å². The van der Waals surface area contributed by atoms with Gasteiger partial charge in [0, 0.05) is 16.1 Å². The third-order valence-electron chi connectivity index (χ3n) is 3.09. The molecule has 0 radical (unpaired) electrons. The highest BCUT2D eigenvalue weighted by Gasteiger charge is 2.19. The zero-order valence-electron chi connectivity index (χ0n) is 10.8. The Balaban J connectivity index is 2.46. The van der Waals surface area contributed by atoms with Crippen LogP contribution in [0.2, 0.25) is 10.0 Å². The number of nitrogens with two attached hydrogens (primary N) is 1. The summed E-state index contributed by atoms with van der Waals surface area (Å²) in [6.07, 6.45) is 3.03. The maximum Gasteiger partial charge on any atom is 0.0452 e. The van der Waals surface area contributed by atoms with Crippen LogP contribution in [0.1, 0.15) is 39.2 Å². The summed E-state index contributed by atoms with van der Waals surface area (Å²) in [6, 6.07) is 5.90. The standard InChI is InChI=1S/C14H21Cl2N/c1-14(2,3)13(17)6-4-5-10-7-8-11(15)9-12(10)16/h7-9,13H,4-6,17H2,1-3H3. The van der Waals surface area contributed by atoms with E-state index >= 15 is 0 Å². The molecule has 0 aliphatic carbocycles. The molecule has 0 saturated heterocycles. The van der Waals surface area contributed by atoms with Crippen molar-refractivity contribution in [3.63, 3.8) is 0 Å². The predicted molar refractivity (Wildman–Crippen MR) is 76.8 cm³/mol. The van der Waals surface area contributed by atoms with E-state index in [1.54, 1.807) is 6.07 Å². The van der Waals surface area contributed by atoms with E-state index < -0.39 is 0 Å². The van der Waals surface area contributed by atoms with Crippen molar-refractivity contribution in [1.29, 1.82) is 0 Å².